The van der Waals surface area contributed by atoms with Gasteiger partial charge in [0.15, 0.2) is 5.60 Å². The Bertz CT molecular complexity index is 1150. The van der Waals surface area contributed by atoms with E-state index in [1.807, 2.05) is 67.3 Å². The van der Waals surface area contributed by atoms with Crippen molar-refractivity contribution in [1.29, 1.82) is 0 Å². The van der Waals surface area contributed by atoms with E-state index in [1.165, 1.54) is 0 Å². The summed E-state index contributed by atoms with van der Waals surface area (Å²) in [7, 11) is 0. The number of rotatable bonds is 11. The van der Waals surface area contributed by atoms with Gasteiger partial charge in [0, 0.05) is 6.42 Å². The number of ether oxygens (including phenoxy) is 2. The molecule has 3 rings (SSSR count). The molecule has 192 valence electrons. The third kappa shape index (κ3) is 6.23. The van der Waals surface area contributed by atoms with E-state index in [9.17, 15) is 9.59 Å². The molecule has 1 heterocycles. The predicted octanol–water partition coefficient (Wildman–Crippen LogP) is 6.18. The first-order chi connectivity index (χ1) is 17.0. The number of amidine groups is 1. The minimum absolute atomic E-state index is 0.0460. The molecule has 0 N–H and O–H groups in total. The van der Waals surface area contributed by atoms with E-state index in [0.29, 0.717) is 18.9 Å². The van der Waals surface area contributed by atoms with E-state index in [0.717, 1.165) is 47.4 Å². The number of carbonyl (C=O) groups excluding carboxylic acids is 2. The predicted molar refractivity (Wildman–Crippen MR) is 144 cm³/mol. The molecule has 36 heavy (non-hydrogen) atoms. The molecule has 1 amide bonds. The SMILES string of the molecule is C=C(c1ccc(CN2C(=O)C(C)(C)N=C2CCCC)cc1)c1cccc(OC(C)(C)C(=O)OCC)c1. The maximum atomic E-state index is 12.9. The van der Waals surface area contributed by atoms with Gasteiger partial charge in [0.2, 0.25) is 0 Å². The lowest BCUT2D eigenvalue weighted by atomic mass is 9.98. The third-order valence-corrected chi connectivity index (χ3v) is 6.21. The van der Waals surface area contributed by atoms with Crippen molar-refractivity contribution in [3.8, 4) is 5.75 Å². The Morgan fingerprint density at radius 3 is 2.42 bits per heavy atom. The molecule has 0 bridgehead atoms. The van der Waals surface area contributed by atoms with E-state index < -0.39 is 17.1 Å². The number of hydrogen-bond donors (Lipinski definition) is 0. The Hall–Kier alpha value is -3.41. The number of benzene rings is 2. The Balaban J connectivity index is 1.72. The summed E-state index contributed by atoms with van der Waals surface area (Å²) < 4.78 is 11.1. The van der Waals surface area contributed by atoms with Gasteiger partial charge in [0.1, 0.15) is 17.1 Å². The van der Waals surface area contributed by atoms with Crippen LogP contribution in [0.25, 0.3) is 5.57 Å². The average molecular weight is 491 g/mol. The van der Waals surface area contributed by atoms with Gasteiger partial charge in [-0.25, -0.2) is 4.79 Å². The molecule has 0 saturated heterocycles. The molecule has 1 aliphatic rings. The second kappa shape index (κ2) is 11.1. The molecule has 0 radical (unpaired) electrons. The lowest BCUT2D eigenvalue weighted by Crippen LogP contribution is -2.39. The summed E-state index contributed by atoms with van der Waals surface area (Å²) in [4.78, 5) is 31.6. The monoisotopic (exact) mass is 490 g/mol. The number of amides is 1. The van der Waals surface area contributed by atoms with Crippen molar-refractivity contribution in [2.24, 2.45) is 4.99 Å². The molecule has 0 aromatic heterocycles. The summed E-state index contributed by atoms with van der Waals surface area (Å²) in [5, 5.41) is 0. The highest BCUT2D eigenvalue weighted by Crippen LogP contribution is 2.29. The maximum absolute atomic E-state index is 12.9. The summed E-state index contributed by atoms with van der Waals surface area (Å²) in [6.45, 7) is 16.1. The van der Waals surface area contributed by atoms with Gasteiger partial charge in [0.05, 0.1) is 13.2 Å². The fraction of sp³-hybridized carbons (Fsp3) is 0.433. The third-order valence-electron chi connectivity index (χ3n) is 6.21. The molecule has 0 atom stereocenters. The van der Waals surface area contributed by atoms with E-state index in [1.54, 1.807) is 20.8 Å². The van der Waals surface area contributed by atoms with Crippen LogP contribution in [0.5, 0.6) is 5.75 Å². The van der Waals surface area contributed by atoms with Crippen LogP contribution >= 0.6 is 0 Å². The zero-order valence-electron chi connectivity index (χ0n) is 22.4. The Morgan fingerprint density at radius 1 is 1.08 bits per heavy atom. The number of carbonyl (C=O) groups is 2. The molecular formula is C30H38N2O4. The van der Waals surface area contributed by atoms with Crippen molar-refractivity contribution in [3.63, 3.8) is 0 Å². The van der Waals surface area contributed by atoms with Crippen LogP contribution in [0.4, 0.5) is 0 Å². The van der Waals surface area contributed by atoms with Gasteiger partial charge in [0.25, 0.3) is 5.91 Å². The first-order valence-electron chi connectivity index (χ1n) is 12.6. The summed E-state index contributed by atoms with van der Waals surface area (Å²) in [5.74, 6) is 1.08. The van der Waals surface area contributed by atoms with Gasteiger partial charge in [-0.05, 0) is 75.4 Å². The summed E-state index contributed by atoms with van der Waals surface area (Å²) in [6, 6.07) is 15.6. The average Bonchev–Trinajstić information content (AvgIpc) is 3.05. The molecule has 1 aliphatic heterocycles. The van der Waals surface area contributed by atoms with Gasteiger partial charge in [-0.3, -0.25) is 14.7 Å². The number of aliphatic imine (C=N–C) groups is 1. The molecular weight excluding hydrogens is 452 g/mol. The lowest BCUT2D eigenvalue weighted by molar-refractivity contribution is -0.158. The van der Waals surface area contributed by atoms with Crippen LogP contribution < -0.4 is 4.74 Å². The fourth-order valence-electron chi connectivity index (χ4n) is 4.12. The molecule has 0 aliphatic carbocycles. The first-order valence-corrected chi connectivity index (χ1v) is 12.6. The van der Waals surface area contributed by atoms with Crippen LogP contribution in [0.2, 0.25) is 0 Å². The van der Waals surface area contributed by atoms with Gasteiger partial charge in [-0.1, -0.05) is 56.3 Å². The van der Waals surface area contributed by atoms with Gasteiger partial charge >= 0.3 is 5.97 Å². The smallest absolute Gasteiger partial charge is 0.349 e. The topological polar surface area (TPSA) is 68.2 Å². The number of unbranched alkanes of at least 4 members (excludes halogenated alkanes) is 1. The quantitative estimate of drug-likeness (QED) is 0.353. The van der Waals surface area contributed by atoms with E-state index in [2.05, 4.69) is 13.5 Å². The molecule has 0 fully saturated rings. The fourth-order valence-corrected chi connectivity index (χ4v) is 4.12. The van der Waals surface area contributed by atoms with Crippen molar-refractivity contribution in [3.05, 3.63) is 71.8 Å². The van der Waals surface area contributed by atoms with Crippen LogP contribution in [0.15, 0.2) is 60.1 Å². The normalized spacial score (nSPS) is 15.0. The molecule has 2 aromatic carbocycles. The van der Waals surface area contributed by atoms with E-state index >= 15 is 0 Å². The highest BCUT2D eigenvalue weighted by Gasteiger charge is 2.40. The van der Waals surface area contributed by atoms with E-state index in [4.69, 9.17) is 14.5 Å². The van der Waals surface area contributed by atoms with Crippen molar-refractivity contribution < 1.29 is 19.1 Å². The Kier molecular flexibility index (Phi) is 8.39. The highest BCUT2D eigenvalue weighted by atomic mass is 16.6. The van der Waals surface area contributed by atoms with Crippen LogP contribution in [-0.2, 0) is 20.9 Å². The Labute approximate surface area is 215 Å². The lowest BCUT2D eigenvalue weighted by Gasteiger charge is -2.24. The summed E-state index contributed by atoms with van der Waals surface area (Å²) in [6.07, 6.45) is 2.88. The zero-order chi connectivity index (χ0) is 26.5. The minimum atomic E-state index is -1.10. The zero-order valence-corrected chi connectivity index (χ0v) is 22.4. The van der Waals surface area contributed by atoms with Crippen LogP contribution in [0.3, 0.4) is 0 Å². The molecule has 0 unspecified atom stereocenters. The second-order valence-corrected chi connectivity index (χ2v) is 10.1. The van der Waals surface area contributed by atoms with Gasteiger partial charge < -0.3 is 9.47 Å². The number of nitrogens with zero attached hydrogens (tertiary/aromatic N) is 2. The van der Waals surface area contributed by atoms with Crippen molar-refractivity contribution in [1.82, 2.24) is 4.90 Å². The molecule has 0 saturated carbocycles. The number of esters is 1. The second-order valence-electron chi connectivity index (χ2n) is 10.1. The molecule has 6 heteroatoms. The van der Waals surface area contributed by atoms with Crippen LogP contribution in [0, 0.1) is 0 Å². The Morgan fingerprint density at radius 2 is 1.78 bits per heavy atom. The largest absolute Gasteiger partial charge is 0.476 e. The van der Waals surface area contributed by atoms with Crippen LogP contribution in [0.1, 0.15) is 77.5 Å². The van der Waals surface area contributed by atoms with Crippen LogP contribution in [-0.4, -0.2) is 40.4 Å². The summed E-state index contributed by atoms with van der Waals surface area (Å²) in [5.41, 5.74) is 1.93. The highest BCUT2D eigenvalue weighted by molar-refractivity contribution is 6.07. The first kappa shape index (κ1) is 27.2. The van der Waals surface area contributed by atoms with E-state index in [-0.39, 0.29) is 5.91 Å². The van der Waals surface area contributed by atoms with Gasteiger partial charge in [-0.15, -0.1) is 0 Å². The molecule has 6 nitrogen and oxygen atoms in total. The molecule has 0 spiro atoms. The van der Waals surface area contributed by atoms with Crippen molar-refractivity contribution in [2.45, 2.75) is 78.5 Å². The standard InChI is InChI=1S/C30H38N2O4/c1-8-10-14-26-31-29(4,5)27(33)32(26)20-22-15-17-23(18-16-22)21(3)24-12-11-13-25(19-24)36-30(6,7)28(34)35-9-2/h11-13,15-19H,3,8-10,14,20H2,1-2,4-7H3. The van der Waals surface area contributed by atoms with Crippen molar-refractivity contribution >= 4 is 23.3 Å². The number of hydrogen-bond acceptors (Lipinski definition) is 5. The van der Waals surface area contributed by atoms with Crippen molar-refractivity contribution in [2.75, 3.05) is 6.61 Å². The molecule has 2 aromatic rings. The van der Waals surface area contributed by atoms with Gasteiger partial charge in [-0.2, -0.15) is 0 Å². The maximum Gasteiger partial charge on any atom is 0.349 e. The minimum Gasteiger partial charge on any atom is -0.476 e. The summed E-state index contributed by atoms with van der Waals surface area (Å²) >= 11 is 0.